The second kappa shape index (κ2) is 6.83. The average molecular weight is 400 g/mol. The zero-order valence-corrected chi connectivity index (χ0v) is 17.8. The minimum absolute atomic E-state index is 0.0919. The van der Waals surface area contributed by atoms with Crippen LogP contribution >= 0.6 is 0 Å². The molecule has 6 rings (SSSR count). The van der Waals surface area contributed by atoms with E-state index in [0.29, 0.717) is 36.8 Å². The summed E-state index contributed by atoms with van der Waals surface area (Å²) in [5.41, 5.74) is 0.695. The molecule has 7 nitrogen and oxygen atoms in total. The predicted octanol–water partition coefficient (Wildman–Crippen LogP) is 2.37. The quantitative estimate of drug-likeness (QED) is 0.749. The Hall–Kier alpha value is -1.89. The molecule has 4 aliphatic rings. The summed E-state index contributed by atoms with van der Waals surface area (Å²) in [6.07, 6.45) is 7.07. The molecule has 2 N–H and O–H groups in total. The molecule has 0 aromatic carbocycles. The Morgan fingerprint density at radius 2 is 1.86 bits per heavy atom. The van der Waals surface area contributed by atoms with E-state index in [2.05, 4.69) is 24.1 Å². The summed E-state index contributed by atoms with van der Waals surface area (Å²) >= 11 is 0. The number of aromatic amines is 1. The van der Waals surface area contributed by atoms with Crippen LogP contribution < -0.4 is 16.6 Å². The molecule has 4 aliphatic carbocycles. The van der Waals surface area contributed by atoms with Crippen LogP contribution in [0.5, 0.6) is 0 Å². The fourth-order valence-corrected chi connectivity index (χ4v) is 6.61. The molecule has 0 aliphatic heterocycles. The Bertz CT molecular complexity index is 1030. The first-order chi connectivity index (χ1) is 13.9. The molecule has 158 valence electrons. The van der Waals surface area contributed by atoms with Crippen molar-refractivity contribution in [2.45, 2.75) is 83.8 Å². The van der Waals surface area contributed by atoms with Gasteiger partial charge < -0.3 is 10.3 Å². The van der Waals surface area contributed by atoms with Gasteiger partial charge in [-0.25, -0.2) is 9.78 Å². The molecular weight excluding hydrogens is 366 g/mol. The lowest BCUT2D eigenvalue weighted by Gasteiger charge is -2.36. The molecular formula is C22H33N5O2. The van der Waals surface area contributed by atoms with Gasteiger partial charge in [-0.3, -0.25) is 13.9 Å². The maximum atomic E-state index is 13.1. The van der Waals surface area contributed by atoms with E-state index in [1.165, 1.54) is 36.7 Å². The van der Waals surface area contributed by atoms with Crippen molar-refractivity contribution in [1.82, 2.24) is 24.4 Å². The summed E-state index contributed by atoms with van der Waals surface area (Å²) in [6.45, 7) is 7.81. The highest BCUT2D eigenvalue weighted by atomic mass is 16.2. The minimum atomic E-state index is -0.235. The van der Waals surface area contributed by atoms with Gasteiger partial charge in [0.25, 0.3) is 5.56 Å². The average Bonchev–Trinajstić information content (AvgIpc) is 3.31. The fraction of sp³-hybridized carbons (Fsp3) is 0.773. The van der Waals surface area contributed by atoms with Crippen molar-refractivity contribution in [2.24, 2.45) is 17.8 Å². The molecule has 7 heteroatoms. The molecule has 0 spiro atoms. The summed E-state index contributed by atoms with van der Waals surface area (Å²) in [4.78, 5) is 34.6. The first-order valence-corrected chi connectivity index (χ1v) is 11.4. The molecule has 0 saturated heterocycles. The van der Waals surface area contributed by atoms with Crippen LogP contribution in [0.25, 0.3) is 11.2 Å². The number of hydrogen-bond donors (Lipinski definition) is 2. The van der Waals surface area contributed by atoms with Crippen molar-refractivity contribution in [1.29, 1.82) is 0 Å². The van der Waals surface area contributed by atoms with Gasteiger partial charge in [-0.05, 0) is 56.3 Å². The van der Waals surface area contributed by atoms with Crippen molar-refractivity contribution in [3.05, 3.63) is 26.7 Å². The van der Waals surface area contributed by atoms with Crippen LogP contribution in [0.3, 0.4) is 0 Å². The van der Waals surface area contributed by atoms with Gasteiger partial charge in [-0.15, -0.1) is 0 Å². The number of fused-ring (bicyclic) bond motifs is 1. The van der Waals surface area contributed by atoms with E-state index in [0.717, 1.165) is 30.0 Å². The first-order valence-electron chi connectivity index (χ1n) is 11.4. The maximum Gasteiger partial charge on any atom is 0.332 e. The Balaban J connectivity index is 1.61. The Morgan fingerprint density at radius 3 is 2.48 bits per heavy atom. The van der Waals surface area contributed by atoms with Crippen LogP contribution in [0.4, 0.5) is 0 Å². The summed E-state index contributed by atoms with van der Waals surface area (Å²) < 4.78 is 3.08. The minimum Gasteiger partial charge on any atom is -0.336 e. The molecule has 29 heavy (non-hydrogen) atoms. The normalized spacial score (nSPS) is 30.3. The van der Waals surface area contributed by atoms with Gasteiger partial charge in [-0.1, -0.05) is 20.8 Å². The lowest BCUT2D eigenvalue weighted by Crippen LogP contribution is -2.41. The highest BCUT2D eigenvalue weighted by molar-refractivity contribution is 5.70. The second-order valence-electron chi connectivity index (χ2n) is 10.0. The van der Waals surface area contributed by atoms with Crippen LogP contribution in [0.1, 0.15) is 65.1 Å². The van der Waals surface area contributed by atoms with Gasteiger partial charge in [0.2, 0.25) is 0 Å². The third-order valence-corrected chi connectivity index (χ3v) is 7.62. The molecule has 2 aromatic heterocycles. The lowest BCUT2D eigenvalue weighted by atomic mass is 9.69. The standard InChI is InChI=1S/C22H33N5O2/c1-4-6-27-19(28)17-18(26(21(27)29)7-5-23-13(2)3)25-20(24-17)22-10-14-8-15(11-22)16(9-14)12-22/h13-16,23H,4-12H2,1-3H3,(H,24,25). The predicted molar refractivity (Wildman–Crippen MR) is 113 cm³/mol. The van der Waals surface area contributed by atoms with Gasteiger partial charge in [0, 0.05) is 31.1 Å². The molecule has 0 amide bonds. The van der Waals surface area contributed by atoms with E-state index in [1.54, 1.807) is 4.57 Å². The van der Waals surface area contributed by atoms with E-state index in [9.17, 15) is 9.59 Å². The largest absolute Gasteiger partial charge is 0.336 e. The van der Waals surface area contributed by atoms with Gasteiger partial charge in [-0.2, -0.15) is 0 Å². The van der Waals surface area contributed by atoms with Gasteiger partial charge in [0.15, 0.2) is 5.65 Å². The van der Waals surface area contributed by atoms with Crippen LogP contribution in [0.15, 0.2) is 9.59 Å². The smallest absolute Gasteiger partial charge is 0.332 e. The number of nitrogens with zero attached hydrogens (tertiary/aromatic N) is 3. The van der Waals surface area contributed by atoms with Crippen LogP contribution in [-0.4, -0.2) is 31.7 Å². The van der Waals surface area contributed by atoms with Crippen LogP contribution in [-0.2, 0) is 18.5 Å². The summed E-state index contributed by atoms with van der Waals surface area (Å²) in [5.74, 6) is 3.43. The number of rotatable bonds is 7. The molecule has 2 unspecified atom stereocenters. The van der Waals surface area contributed by atoms with Gasteiger partial charge in [0.1, 0.15) is 11.3 Å². The Labute approximate surface area is 170 Å². The second-order valence-corrected chi connectivity index (χ2v) is 10.0. The summed E-state index contributed by atoms with van der Waals surface area (Å²) in [5, 5.41) is 3.37. The molecule has 0 radical (unpaired) electrons. The van der Waals surface area contributed by atoms with Crippen molar-refractivity contribution in [2.75, 3.05) is 6.54 Å². The fourth-order valence-electron chi connectivity index (χ4n) is 6.61. The van der Waals surface area contributed by atoms with Gasteiger partial charge >= 0.3 is 5.69 Å². The zero-order valence-electron chi connectivity index (χ0n) is 17.8. The molecule has 4 fully saturated rings. The van der Waals surface area contributed by atoms with Crippen molar-refractivity contribution < 1.29 is 0 Å². The summed E-state index contributed by atoms with van der Waals surface area (Å²) in [7, 11) is 0. The van der Waals surface area contributed by atoms with Crippen molar-refractivity contribution in [3.8, 4) is 0 Å². The van der Waals surface area contributed by atoms with Crippen LogP contribution in [0, 0.1) is 17.8 Å². The number of imidazole rings is 1. The molecule has 4 saturated carbocycles. The topological polar surface area (TPSA) is 84.7 Å². The highest BCUT2D eigenvalue weighted by Crippen LogP contribution is 2.64. The van der Waals surface area contributed by atoms with Crippen LogP contribution in [0.2, 0.25) is 0 Å². The Morgan fingerprint density at radius 1 is 1.14 bits per heavy atom. The number of hydrogen-bond acceptors (Lipinski definition) is 4. The Kier molecular flexibility index (Phi) is 4.49. The third kappa shape index (κ3) is 2.92. The van der Waals surface area contributed by atoms with Crippen molar-refractivity contribution in [3.63, 3.8) is 0 Å². The summed E-state index contributed by atoms with van der Waals surface area (Å²) in [6, 6.07) is 0.348. The van der Waals surface area contributed by atoms with E-state index >= 15 is 0 Å². The number of aromatic nitrogens is 4. The molecule has 2 heterocycles. The SMILES string of the molecule is CCCn1c(=O)c2[nH]c(C34CC5CC(C3)C(C5)C4)nc2n(CCNC(C)C)c1=O. The highest BCUT2D eigenvalue weighted by Gasteiger charge is 2.57. The van der Waals surface area contributed by atoms with E-state index in [-0.39, 0.29) is 16.7 Å². The van der Waals surface area contributed by atoms with E-state index in [1.807, 2.05) is 6.92 Å². The van der Waals surface area contributed by atoms with E-state index in [4.69, 9.17) is 4.98 Å². The molecule has 2 aromatic rings. The number of nitrogens with one attached hydrogen (secondary N) is 2. The maximum absolute atomic E-state index is 13.1. The van der Waals surface area contributed by atoms with Gasteiger partial charge in [0.05, 0.1) is 0 Å². The molecule has 2 atom stereocenters. The first kappa shape index (κ1) is 19.1. The number of H-pyrrole nitrogens is 1. The monoisotopic (exact) mass is 399 g/mol. The molecule has 4 bridgehead atoms. The lowest BCUT2D eigenvalue weighted by molar-refractivity contribution is 0.220. The zero-order chi connectivity index (χ0) is 20.3. The third-order valence-electron chi connectivity index (χ3n) is 7.62. The van der Waals surface area contributed by atoms with Crippen molar-refractivity contribution >= 4 is 11.2 Å². The van der Waals surface area contributed by atoms with E-state index < -0.39 is 0 Å².